The monoisotopic (exact) mass is 386 g/mol. The van der Waals surface area contributed by atoms with Gasteiger partial charge in [-0.15, -0.1) is 0 Å². The maximum atomic E-state index is 13.2. The van der Waals surface area contributed by atoms with Gasteiger partial charge in [-0.1, -0.05) is 30.3 Å². The summed E-state index contributed by atoms with van der Waals surface area (Å²) in [7, 11) is 0. The van der Waals surface area contributed by atoms with Gasteiger partial charge in [0.05, 0.1) is 6.61 Å². The van der Waals surface area contributed by atoms with Crippen molar-refractivity contribution in [1.29, 1.82) is 0 Å². The van der Waals surface area contributed by atoms with Crippen molar-refractivity contribution in [1.82, 2.24) is 10.2 Å². The van der Waals surface area contributed by atoms with Gasteiger partial charge >= 0.3 is 0 Å². The predicted molar refractivity (Wildman–Crippen MR) is 106 cm³/mol. The molecule has 1 atom stereocenters. The molecule has 0 radical (unpaired) electrons. The molecule has 0 fully saturated rings. The Morgan fingerprint density at radius 2 is 1.79 bits per heavy atom. The van der Waals surface area contributed by atoms with E-state index in [1.165, 1.54) is 17.0 Å². The number of ether oxygens (including phenoxy) is 1. The summed E-state index contributed by atoms with van der Waals surface area (Å²) in [5.41, 5.74) is 0.770. The number of rotatable bonds is 10. The largest absolute Gasteiger partial charge is 0.494 e. The fourth-order valence-electron chi connectivity index (χ4n) is 2.76. The second kappa shape index (κ2) is 11.1. The topological polar surface area (TPSA) is 58.6 Å². The molecule has 150 valence electrons. The van der Waals surface area contributed by atoms with Gasteiger partial charge in [0.2, 0.25) is 11.8 Å². The summed E-state index contributed by atoms with van der Waals surface area (Å²) in [6.45, 7) is 4.68. The SMILES string of the molecule is CCNC(=O)C(C)N(Cc1ccc(F)cc1)C(=O)CCCOc1ccccc1. The minimum Gasteiger partial charge on any atom is -0.494 e. The van der Waals surface area contributed by atoms with Crippen molar-refractivity contribution in [3.63, 3.8) is 0 Å². The van der Waals surface area contributed by atoms with Crippen molar-refractivity contribution in [2.45, 2.75) is 39.3 Å². The summed E-state index contributed by atoms with van der Waals surface area (Å²) < 4.78 is 18.8. The van der Waals surface area contributed by atoms with Crippen LogP contribution in [0.25, 0.3) is 0 Å². The summed E-state index contributed by atoms with van der Waals surface area (Å²) in [6.07, 6.45) is 0.799. The summed E-state index contributed by atoms with van der Waals surface area (Å²) in [6, 6.07) is 14.7. The van der Waals surface area contributed by atoms with E-state index in [9.17, 15) is 14.0 Å². The highest BCUT2D eigenvalue weighted by molar-refractivity contribution is 5.87. The Hall–Kier alpha value is -2.89. The number of benzene rings is 2. The molecule has 0 bridgehead atoms. The summed E-state index contributed by atoms with van der Waals surface area (Å²) in [5, 5.41) is 2.75. The van der Waals surface area contributed by atoms with E-state index in [0.29, 0.717) is 19.6 Å². The molecule has 0 heterocycles. The maximum Gasteiger partial charge on any atom is 0.242 e. The fourth-order valence-corrected chi connectivity index (χ4v) is 2.76. The van der Waals surface area contributed by atoms with Crippen LogP contribution in [0.5, 0.6) is 5.75 Å². The van der Waals surface area contributed by atoms with Crippen LogP contribution in [0.3, 0.4) is 0 Å². The highest BCUT2D eigenvalue weighted by Crippen LogP contribution is 2.14. The van der Waals surface area contributed by atoms with E-state index in [1.807, 2.05) is 37.3 Å². The molecule has 2 aromatic carbocycles. The van der Waals surface area contributed by atoms with Gasteiger partial charge in [0.1, 0.15) is 17.6 Å². The lowest BCUT2D eigenvalue weighted by Crippen LogP contribution is -2.47. The third-order valence-corrected chi connectivity index (χ3v) is 4.33. The molecule has 0 aromatic heterocycles. The Morgan fingerprint density at radius 3 is 2.43 bits per heavy atom. The Morgan fingerprint density at radius 1 is 1.11 bits per heavy atom. The van der Waals surface area contributed by atoms with Crippen molar-refractivity contribution in [2.24, 2.45) is 0 Å². The molecule has 0 aliphatic heterocycles. The molecule has 0 aliphatic rings. The van der Waals surface area contributed by atoms with E-state index in [1.54, 1.807) is 19.1 Å². The van der Waals surface area contributed by atoms with Crippen LogP contribution in [-0.2, 0) is 16.1 Å². The van der Waals surface area contributed by atoms with Gasteiger partial charge in [-0.05, 0) is 50.1 Å². The van der Waals surface area contributed by atoms with Crippen LogP contribution in [0.15, 0.2) is 54.6 Å². The van der Waals surface area contributed by atoms with E-state index in [2.05, 4.69) is 5.32 Å². The highest BCUT2D eigenvalue weighted by atomic mass is 19.1. The lowest BCUT2D eigenvalue weighted by molar-refractivity contribution is -0.140. The average Bonchev–Trinajstić information content (AvgIpc) is 2.71. The van der Waals surface area contributed by atoms with Crippen molar-refractivity contribution >= 4 is 11.8 Å². The van der Waals surface area contributed by atoms with Crippen LogP contribution >= 0.6 is 0 Å². The van der Waals surface area contributed by atoms with Gasteiger partial charge in [-0.25, -0.2) is 4.39 Å². The second-order valence-corrected chi connectivity index (χ2v) is 6.48. The molecule has 2 aromatic rings. The number of hydrogen-bond acceptors (Lipinski definition) is 3. The number of amides is 2. The average molecular weight is 386 g/mol. The van der Waals surface area contributed by atoms with Gasteiger partial charge in [0.15, 0.2) is 0 Å². The molecule has 5 nitrogen and oxygen atoms in total. The Labute approximate surface area is 165 Å². The van der Waals surface area contributed by atoms with Crippen LogP contribution in [0.2, 0.25) is 0 Å². The van der Waals surface area contributed by atoms with Crippen LogP contribution in [0, 0.1) is 5.82 Å². The molecule has 6 heteroatoms. The van der Waals surface area contributed by atoms with Gasteiger partial charge in [0.25, 0.3) is 0 Å². The van der Waals surface area contributed by atoms with E-state index < -0.39 is 6.04 Å². The first-order valence-electron chi connectivity index (χ1n) is 9.50. The number of carbonyl (C=O) groups excluding carboxylic acids is 2. The van der Waals surface area contributed by atoms with Crippen molar-refractivity contribution in [2.75, 3.05) is 13.2 Å². The van der Waals surface area contributed by atoms with Gasteiger partial charge < -0.3 is 15.0 Å². The molecule has 1 N–H and O–H groups in total. The first kappa shape index (κ1) is 21.4. The van der Waals surface area contributed by atoms with E-state index in [0.717, 1.165) is 11.3 Å². The third kappa shape index (κ3) is 6.68. The molecule has 28 heavy (non-hydrogen) atoms. The normalized spacial score (nSPS) is 11.5. The van der Waals surface area contributed by atoms with Crippen molar-refractivity contribution in [3.05, 3.63) is 66.0 Å². The van der Waals surface area contributed by atoms with E-state index in [4.69, 9.17) is 4.74 Å². The minimum absolute atomic E-state index is 0.139. The first-order valence-corrected chi connectivity index (χ1v) is 9.50. The van der Waals surface area contributed by atoms with E-state index >= 15 is 0 Å². The van der Waals surface area contributed by atoms with Crippen LogP contribution < -0.4 is 10.1 Å². The smallest absolute Gasteiger partial charge is 0.242 e. The molecule has 0 saturated carbocycles. The number of para-hydroxylation sites is 1. The highest BCUT2D eigenvalue weighted by Gasteiger charge is 2.25. The third-order valence-electron chi connectivity index (χ3n) is 4.33. The fraction of sp³-hybridized carbons (Fsp3) is 0.364. The zero-order valence-corrected chi connectivity index (χ0v) is 16.4. The molecule has 0 spiro atoms. The van der Waals surface area contributed by atoms with Crippen molar-refractivity contribution < 1.29 is 18.7 Å². The van der Waals surface area contributed by atoms with Crippen LogP contribution in [0.1, 0.15) is 32.3 Å². The lowest BCUT2D eigenvalue weighted by Gasteiger charge is -2.28. The van der Waals surface area contributed by atoms with Crippen LogP contribution in [0.4, 0.5) is 4.39 Å². The molecule has 2 rings (SSSR count). The molecule has 0 aliphatic carbocycles. The first-order chi connectivity index (χ1) is 13.5. The Bertz CT molecular complexity index is 750. The second-order valence-electron chi connectivity index (χ2n) is 6.48. The number of nitrogens with zero attached hydrogens (tertiary/aromatic N) is 1. The zero-order valence-electron chi connectivity index (χ0n) is 16.4. The lowest BCUT2D eigenvalue weighted by atomic mass is 10.1. The predicted octanol–water partition coefficient (Wildman–Crippen LogP) is 3.54. The number of hydrogen-bond donors (Lipinski definition) is 1. The summed E-state index contributed by atoms with van der Waals surface area (Å²) in [5.74, 6) is 0.0727. The number of carbonyl (C=O) groups is 2. The molecule has 2 amide bonds. The van der Waals surface area contributed by atoms with Crippen molar-refractivity contribution in [3.8, 4) is 5.75 Å². The minimum atomic E-state index is -0.618. The molecular weight excluding hydrogens is 359 g/mol. The number of likely N-dealkylation sites (N-methyl/N-ethyl adjacent to an activating group) is 1. The molecule has 0 saturated heterocycles. The Balaban J connectivity index is 1.96. The zero-order chi connectivity index (χ0) is 20.4. The quantitative estimate of drug-likeness (QED) is 0.636. The number of nitrogens with one attached hydrogen (secondary N) is 1. The van der Waals surface area contributed by atoms with Gasteiger partial charge in [-0.3, -0.25) is 9.59 Å². The van der Waals surface area contributed by atoms with Gasteiger partial charge in [0, 0.05) is 19.5 Å². The Kier molecular flexibility index (Phi) is 8.46. The summed E-state index contributed by atoms with van der Waals surface area (Å²) >= 11 is 0. The van der Waals surface area contributed by atoms with Crippen LogP contribution in [-0.4, -0.2) is 35.9 Å². The summed E-state index contributed by atoms with van der Waals surface area (Å²) in [4.78, 5) is 26.6. The number of halogens is 1. The maximum absolute atomic E-state index is 13.2. The standard InChI is InChI=1S/C22H27FN2O3/c1-3-24-22(27)17(2)25(16-18-11-13-19(23)14-12-18)21(26)10-7-15-28-20-8-5-4-6-9-20/h4-6,8-9,11-14,17H,3,7,10,15-16H2,1-2H3,(H,24,27). The van der Waals surface area contributed by atoms with Gasteiger partial charge in [-0.2, -0.15) is 0 Å². The molecule has 1 unspecified atom stereocenters. The molecular formula is C22H27FN2O3. The van der Waals surface area contributed by atoms with E-state index in [-0.39, 0.29) is 30.6 Å².